The summed E-state index contributed by atoms with van der Waals surface area (Å²) in [7, 11) is -3.76. The van der Waals surface area contributed by atoms with Gasteiger partial charge >= 0.3 is 0 Å². The molecule has 1 atom stereocenters. The molecule has 2 rings (SSSR count). The summed E-state index contributed by atoms with van der Waals surface area (Å²) >= 11 is 11.8. The summed E-state index contributed by atoms with van der Waals surface area (Å²) in [5.41, 5.74) is 2.52. The van der Waals surface area contributed by atoms with E-state index in [4.69, 9.17) is 32.9 Å². The van der Waals surface area contributed by atoms with Crippen molar-refractivity contribution in [2.24, 2.45) is 0 Å². The monoisotopic (exact) mass is 406 g/mol. The number of amides is 1. The fourth-order valence-corrected chi connectivity index (χ4v) is 3.32. The number of nitrogens with one attached hydrogen (secondary N) is 1. The molecule has 1 aromatic heterocycles. The maximum atomic E-state index is 11.9. The zero-order chi connectivity index (χ0) is 18.8. The van der Waals surface area contributed by atoms with Gasteiger partial charge in [-0.05, 0) is 38.0 Å². The van der Waals surface area contributed by atoms with E-state index in [0.29, 0.717) is 27.1 Å². The van der Waals surface area contributed by atoms with Gasteiger partial charge in [0.15, 0.2) is 15.6 Å². The van der Waals surface area contributed by atoms with E-state index in [9.17, 15) is 13.2 Å². The quantitative estimate of drug-likeness (QED) is 0.563. The van der Waals surface area contributed by atoms with Crippen LogP contribution in [0, 0.1) is 0 Å². The molecule has 1 aromatic carbocycles. The lowest BCUT2D eigenvalue weighted by Gasteiger charge is -2.24. The maximum absolute atomic E-state index is 11.9. The van der Waals surface area contributed by atoms with E-state index >= 15 is 0 Å². The number of carbonyl (C=O) groups excluding carboxylic acids is 1. The Morgan fingerprint density at radius 2 is 2.00 bits per heavy atom. The molecule has 136 valence electrons. The first-order chi connectivity index (χ1) is 11.6. The fraction of sp³-hybridized carbons (Fsp3) is 0.333. The molecule has 0 aliphatic heterocycles. The molecule has 25 heavy (non-hydrogen) atoms. The second kappa shape index (κ2) is 7.33. The molecule has 0 radical (unpaired) electrons. The Morgan fingerprint density at radius 3 is 2.56 bits per heavy atom. The van der Waals surface area contributed by atoms with Gasteiger partial charge in [0, 0.05) is 17.9 Å². The highest BCUT2D eigenvalue weighted by Crippen LogP contribution is 2.30. The summed E-state index contributed by atoms with van der Waals surface area (Å²) in [5.74, 6) is -0.565. The molecule has 0 saturated carbocycles. The predicted octanol–water partition coefficient (Wildman–Crippen LogP) is 2.89. The Labute approximate surface area is 154 Å². The molecule has 0 bridgehead atoms. The van der Waals surface area contributed by atoms with Crippen LogP contribution in [0.15, 0.2) is 28.8 Å². The van der Waals surface area contributed by atoms with E-state index < -0.39 is 20.5 Å². The van der Waals surface area contributed by atoms with Gasteiger partial charge in [0.1, 0.15) is 4.75 Å². The average molecular weight is 407 g/mol. The number of hydroxylamine groups is 1. The number of carbonyl (C=O) groups is 1. The summed E-state index contributed by atoms with van der Waals surface area (Å²) in [6.45, 7) is 1.24. The number of aromatic nitrogens is 1. The van der Waals surface area contributed by atoms with Crippen molar-refractivity contribution in [3.63, 3.8) is 0 Å². The highest BCUT2D eigenvalue weighted by molar-refractivity contribution is 7.92. The van der Waals surface area contributed by atoms with Crippen molar-refractivity contribution >= 4 is 38.9 Å². The van der Waals surface area contributed by atoms with Crippen molar-refractivity contribution in [1.29, 1.82) is 0 Å². The second-order valence-electron chi connectivity index (χ2n) is 5.76. The number of hydrogen-bond acceptors (Lipinski definition) is 6. The minimum atomic E-state index is -3.76. The molecular formula is C15H16Cl2N2O5S. The van der Waals surface area contributed by atoms with Crippen molar-refractivity contribution in [3.8, 4) is 11.3 Å². The van der Waals surface area contributed by atoms with Crippen LogP contribution >= 0.6 is 23.2 Å². The van der Waals surface area contributed by atoms with Crippen molar-refractivity contribution in [1.82, 2.24) is 10.6 Å². The standard InChI is InChI=1S/C15H16Cl2N2O5S/c1-15(14(20)18-21,25(2,22)23)6-5-10-8-13(24-19-10)9-3-4-11(16)12(17)7-9/h3-4,7-8,21H,5-6H2,1-2H3,(H,18,20). The number of nitrogens with zero attached hydrogens (tertiary/aromatic N) is 1. The van der Waals surface area contributed by atoms with Gasteiger partial charge in [-0.15, -0.1) is 0 Å². The third-order valence-electron chi connectivity index (χ3n) is 4.02. The topological polar surface area (TPSA) is 110 Å². The van der Waals surface area contributed by atoms with Gasteiger partial charge in [-0.3, -0.25) is 10.0 Å². The molecule has 0 saturated heterocycles. The first-order valence-electron chi connectivity index (χ1n) is 7.13. The lowest BCUT2D eigenvalue weighted by molar-refractivity contribution is -0.131. The van der Waals surface area contributed by atoms with Crippen LogP contribution in [0.3, 0.4) is 0 Å². The predicted molar refractivity (Wildman–Crippen MR) is 93.5 cm³/mol. The Kier molecular flexibility index (Phi) is 5.78. The summed E-state index contributed by atoms with van der Waals surface area (Å²) in [5, 5.41) is 13.5. The van der Waals surface area contributed by atoms with Gasteiger partial charge in [-0.25, -0.2) is 13.9 Å². The summed E-state index contributed by atoms with van der Waals surface area (Å²) in [4.78, 5) is 11.8. The molecule has 10 heteroatoms. The van der Waals surface area contributed by atoms with Crippen molar-refractivity contribution < 1.29 is 22.9 Å². The van der Waals surface area contributed by atoms with E-state index in [0.717, 1.165) is 6.26 Å². The minimum Gasteiger partial charge on any atom is -0.356 e. The molecule has 1 amide bonds. The molecule has 0 spiro atoms. The second-order valence-corrected chi connectivity index (χ2v) is 9.02. The van der Waals surface area contributed by atoms with Crippen LogP contribution in [0.25, 0.3) is 11.3 Å². The largest absolute Gasteiger partial charge is 0.356 e. The Bertz CT molecular complexity index is 897. The first kappa shape index (κ1) is 19.7. The molecule has 7 nitrogen and oxygen atoms in total. The normalized spacial score (nSPS) is 14.1. The molecule has 0 fully saturated rings. The van der Waals surface area contributed by atoms with Gasteiger partial charge in [-0.2, -0.15) is 0 Å². The lowest BCUT2D eigenvalue weighted by Crippen LogP contribution is -2.49. The highest BCUT2D eigenvalue weighted by atomic mass is 35.5. The minimum absolute atomic E-state index is 0.0778. The molecular weight excluding hydrogens is 391 g/mol. The average Bonchev–Trinajstić information content (AvgIpc) is 3.02. The van der Waals surface area contributed by atoms with Crippen LogP contribution in [0.1, 0.15) is 19.0 Å². The third kappa shape index (κ3) is 4.14. The van der Waals surface area contributed by atoms with Crippen LogP contribution in [-0.2, 0) is 21.1 Å². The maximum Gasteiger partial charge on any atom is 0.264 e. The molecule has 1 unspecified atom stereocenters. The lowest BCUT2D eigenvalue weighted by atomic mass is 10.0. The van der Waals surface area contributed by atoms with Crippen LogP contribution in [0.4, 0.5) is 0 Å². The molecule has 2 aromatic rings. The highest BCUT2D eigenvalue weighted by Gasteiger charge is 2.43. The number of benzene rings is 1. The van der Waals surface area contributed by atoms with Crippen LogP contribution < -0.4 is 5.48 Å². The van der Waals surface area contributed by atoms with Crippen LogP contribution in [-0.4, -0.2) is 35.7 Å². The van der Waals surface area contributed by atoms with Gasteiger partial charge in [-0.1, -0.05) is 28.4 Å². The van der Waals surface area contributed by atoms with Crippen LogP contribution in [0.5, 0.6) is 0 Å². The number of aryl methyl sites for hydroxylation is 1. The first-order valence-corrected chi connectivity index (χ1v) is 9.78. The number of rotatable bonds is 6. The molecule has 2 N–H and O–H groups in total. The van der Waals surface area contributed by atoms with Gasteiger partial charge in [0.25, 0.3) is 5.91 Å². The summed E-state index contributed by atoms with van der Waals surface area (Å²) < 4.78 is 27.3. The van der Waals surface area contributed by atoms with Gasteiger partial charge in [0.05, 0.1) is 15.7 Å². The molecule has 0 aliphatic rings. The van der Waals surface area contributed by atoms with E-state index in [-0.39, 0.29) is 12.8 Å². The SMILES string of the molecule is CC(CCc1cc(-c2ccc(Cl)c(Cl)c2)on1)(C(=O)NO)S(C)(=O)=O. The fourth-order valence-electron chi connectivity index (χ4n) is 2.17. The summed E-state index contributed by atoms with van der Waals surface area (Å²) in [6.07, 6.45) is 1.01. The molecule has 0 aliphatic carbocycles. The number of hydrogen-bond donors (Lipinski definition) is 2. The van der Waals surface area contributed by atoms with Gasteiger partial charge in [0.2, 0.25) is 0 Å². The number of sulfone groups is 1. The van der Waals surface area contributed by atoms with Crippen molar-refractivity contribution in [2.45, 2.75) is 24.5 Å². The van der Waals surface area contributed by atoms with E-state index in [1.54, 1.807) is 24.3 Å². The van der Waals surface area contributed by atoms with E-state index in [2.05, 4.69) is 5.16 Å². The Balaban J connectivity index is 2.20. The van der Waals surface area contributed by atoms with Gasteiger partial charge < -0.3 is 4.52 Å². The van der Waals surface area contributed by atoms with Crippen molar-refractivity contribution in [3.05, 3.63) is 40.0 Å². The zero-order valence-electron chi connectivity index (χ0n) is 13.4. The van der Waals surface area contributed by atoms with E-state index in [1.165, 1.54) is 12.4 Å². The smallest absolute Gasteiger partial charge is 0.264 e. The Hall–Kier alpha value is -1.61. The number of halogens is 2. The summed E-state index contributed by atoms with van der Waals surface area (Å²) in [6, 6.07) is 6.57. The van der Waals surface area contributed by atoms with Crippen molar-refractivity contribution in [2.75, 3.05) is 6.26 Å². The third-order valence-corrected chi connectivity index (χ3v) is 6.79. The van der Waals surface area contributed by atoms with Crippen LogP contribution in [0.2, 0.25) is 10.0 Å². The molecule has 1 heterocycles. The Morgan fingerprint density at radius 1 is 1.32 bits per heavy atom. The zero-order valence-corrected chi connectivity index (χ0v) is 15.7. The van der Waals surface area contributed by atoms with E-state index in [1.807, 2.05) is 0 Å².